The lowest BCUT2D eigenvalue weighted by Gasteiger charge is -2.47. The van der Waals surface area contributed by atoms with Crippen LogP contribution in [0.5, 0.6) is 0 Å². The van der Waals surface area contributed by atoms with E-state index in [1.165, 1.54) is 14.2 Å². The highest BCUT2D eigenvalue weighted by molar-refractivity contribution is 5.70. The van der Waals surface area contributed by atoms with Gasteiger partial charge in [0.05, 0.1) is 61.3 Å². The lowest BCUT2D eigenvalue weighted by atomic mass is 9.78. The third-order valence-electron chi connectivity index (χ3n) is 12.7. The van der Waals surface area contributed by atoms with Crippen LogP contribution in [0.15, 0.2) is 11.8 Å². The van der Waals surface area contributed by atoms with E-state index in [4.69, 9.17) is 47.4 Å². The highest BCUT2D eigenvalue weighted by Crippen LogP contribution is 2.41. The largest absolute Gasteiger partial charge is 0.494 e. The number of ether oxygens (including phenoxy) is 10. The zero-order valence-electron chi connectivity index (χ0n) is 36.1. The number of cyclic esters (lactones) is 1. The Morgan fingerprint density at radius 2 is 1.47 bits per heavy atom. The van der Waals surface area contributed by atoms with Crippen molar-refractivity contribution in [1.29, 1.82) is 0 Å². The van der Waals surface area contributed by atoms with Gasteiger partial charge in [0.15, 0.2) is 18.9 Å². The van der Waals surface area contributed by atoms with Crippen molar-refractivity contribution in [3.63, 3.8) is 0 Å². The second kappa shape index (κ2) is 21.8. The van der Waals surface area contributed by atoms with E-state index in [0.717, 1.165) is 5.76 Å². The van der Waals surface area contributed by atoms with Crippen LogP contribution in [0.2, 0.25) is 0 Å². The van der Waals surface area contributed by atoms with Gasteiger partial charge in [0, 0.05) is 46.7 Å². The molecule has 3 saturated heterocycles. The van der Waals surface area contributed by atoms with Crippen LogP contribution in [-0.2, 0) is 52.2 Å². The summed E-state index contributed by atoms with van der Waals surface area (Å²) in [6.07, 6.45) is -7.75. The molecule has 0 saturated carbocycles. The Morgan fingerprint density at radius 3 is 2.07 bits per heavy atom. The average Bonchev–Trinajstić information content (AvgIpc) is 3.17. The topological polar surface area (TPSA) is 194 Å². The van der Waals surface area contributed by atoms with E-state index in [-0.39, 0.29) is 30.8 Å². The number of esters is 1. The molecule has 3 fully saturated rings. The molecule has 19 atom stereocenters. The quantitative estimate of drug-likeness (QED) is 0.156. The van der Waals surface area contributed by atoms with Gasteiger partial charge < -0.3 is 72.7 Å². The molecule has 4 aliphatic rings. The van der Waals surface area contributed by atoms with Gasteiger partial charge in [0.2, 0.25) is 0 Å². The van der Waals surface area contributed by atoms with Crippen LogP contribution in [0.1, 0.15) is 73.6 Å². The molecule has 2 unspecified atom stereocenters. The van der Waals surface area contributed by atoms with Crippen LogP contribution in [0, 0.1) is 29.6 Å². The van der Waals surface area contributed by atoms with Crippen LogP contribution < -0.4 is 0 Å². The summed E-state index contributed by atoms with van der Waals surface area (Å²) in [7, 11) is 9.66. The zero-order chi connectivity index (χ0) is 42.3. The van der Waals surface area contributed by atoms with E-state index in [9.17, 15) is 25.2 Å². The fraction of sp³-hybridized carbons (Fsp3) is 0.927. The predicted octanol–water partition coefficient (Wildman–Crippen LogP) is 2.22. The Hall–Kier alpha value is -1.51. The molecule has 16 nitrogen and oxygen atoms in total. The summed E-state index contributed by atoms with van der Waals surface area (Å²) in [5.74, 6) is -1.45. The molecule has 0 spiro atoms. The van der Waals surface area contributed by atoms with Gasteiger partial charge in [-0.1, -0.05) is 27.7 Å². The molecule has 0 aliphatic carbocycles. The molecular weight excluding hydrogens is 746 g/mol. The Bertz CT molecular complexity index is 1250. The summed E-state index contributed by atoms with van der Waals surface area (Å²) >= 11 is 0. The highest BCUT2D eigenvalue weighted by atomic mass is 16.7. The number of hydrogen-bond donors (Lipinski definition) is 4. The first-order valence-corrected chi connectivity index (χ1v) is 20.6. The smallest absolute Gasteiger partial charge is 0.308 e. The summed E-state index contributed by atoms with van der Waals surface area (Å²) in [6, 6.07) is -0.681. The highest BCUT2D eigenvalue weighted by Gasteiger charge is 2.49. The van der Waals surface area contributed by atoms with Crippen LogP contribution in [0.3, 0.4) is 0 Å². The number of carbonyl (C=O) groups excluding carboxylic acids is 1. The van der Waals surface area contributed by atoms with Crippen LogP contribution in [-0.4, -0.2) is 172 Å². The maximum Gasteiger partial charge on any atom is 0.308 e. The summed E-state index contributed by atoms with van der Waals surface area (Å²) in [5, 5.41) is 45.0. The minimum atomic E-state index is -1.23. The molecule has 332 valence electrons. The number of fused-ring (bicyclic) bond motifs is 2. The summed E-state index contributed by atoms with van der Waals surface area (Å²) in [5.41, 5.74) is 0. The van der Waals surface area contributed by atoms with Gasteiger partial charge in [-0.25, -0.2) is 0 Å². The van der Waals surface area contributed by atoms with Crippen LogP contribution >= 0.6 is 0 Å². The van der Waals surface area contributed by atoms with Crippen molar-refractivity contribution in [2.45, 2.75) is 166 Å². The number of allylic oxidation sites excluding steroid dienone is 2. The van der Waals surface area contributed by atoms with Crippen molar-refractivity contribution in [1.82, 2.24) is 4.90 Å². The molecule has 0 radical (unpaired) electrons. The number of hydrogen-bond acceptors (Lipinski definition) is 16. The second-order valence-corrected chi connectivity index (χ2v) is 16.8. The van der Waals surface area contributed by atoms with Crippen LogP contribution in [0.4, 0.5) is 0 Å². The molecule has 16 heteroatoms. The predicted molar refractivity (Wildman–Crippen MR) is 206 cm³/mol. The summed E-state index contributed by atoms with van der Waals surface area (Å²) < 4.78 is 61.2. The summed E-state index contributed by atoms with van der Waals surface area (Å²) in [4.78, 5) is 15.6. The number of methoxy groups -OCH3 is 4. The first kappa shape index (κ1) is 48.2. The van der Waals surface area contributed by atoms with Crippen LogP contribution in [0.25, 0.3) is 0 Å². The minimum Gasteiger partial charge on any atom is -0.494 e. The number of likely N-dealkylation sites (N-methyl/N-ethyl adjacent to an activating group) is 1. The van der Waals surface area contributed by atoms with Crippen molar-refractivity contribution in [3.8, 4) is 0 Å². The average molecular weight is 820 g/mol. The van der Waals surface area contributed by atoms with E-state index in [0.29, 0.717) is 25.7 Å². The SMILES string of the molecule is CC[C@H]1OC(=O)C[C@H](O)[C@@H](C)[C@@H](O[C@@H]2O[C@H](C)[C@@H](O)[C@H](N(C)C)[C@H]2O)[C@H](CC(OC)OC)C[C@@H](C)C2=CCC(C)C(O2)[C@@H]1CO[C@@H]1O[C@H](C)[C@@H](O)[C@@H](OC)[C@H]1OC. The van der Waals surface area contributed by atoms with E-state index < -0.39 is 110 Å². The van der Waals surface area contributed by atoms with Gasteiger partial charge in [0.25, 0.3) is 0 Å². The Kier molecular flexibility index (Phi) is 18.5. The maximum absolute atomic E-state index is 13.9. The fourth-order valence-corrected chi connectivity index (χ4v) is 9.14. The van der Waals surface area contributed by atoms with Gasteiger partial charge in [-0.3, -0.25) is 4.79 Å². The second-order valence-electron chi connectivity index (χ2n) is 16.8. The molecule has 4 heterocycles. The standard InChI is InChI=1S/C41H73NO15/c1-13-28-26(19-52-41-39(51-12)38(50-11)34(46)24(6)54-41)36-20(2)14-15-29(56-36)21(3)16-25(17-31(48-9)49-10)37(22(4)27(43)18-30(44)55-28)57-40-35(47)32(42(7)8)33(45)23(5)53-40/h15,20-28,31-41,43,45-47H,13-14,16-19H2,1-12H3/t20?,21-,22-,23-,24-,25+,26-,27+,28-,32+,33-,34-,35-,36?,37-,38-,39-,40+,41-/m1/s1. The molecule has 4 N–H and O–H groups in total. The van der Waals surface area contributed by atoms with Gasteiger partial charge in [-0.05, 0) is 65.1 Å². The van der Waals surface area contributed by atoms with Crippen molar-refractivity contribution in [3.05, 3.63) is 11.8 Å². The third-order valence-corrected chi connectivity index (χ3v) is 12.7. The third kappa shape index (κ3) is 11.5. The Balaban J connectivity index is 1.71. The number of nitrogens with zero attached hydrogens (tertiary/aromatic N) is 1. The number of aliphatic hydroxyl groups excluding tert-OH is 4. The van der Waals surface area contributed by atoms with Crippen molar-refractivity contribution in [2.24, 2.45) is 29.6 Å². The van der Waals surface area contributed by atoms with E-state index in [2.05, 4.69) is 19.9 Å². The fourth-order valence-electron chi connectivity index (χ4n) is 9.14. The Labute approximate surface area is 339 Å². The molecule has 0 aromatic heterocycles. The number of aliphatic hydroxyl groups is 4. The zero-order valence-corrected chi connectivity index (χ0v) is 36.1. The first-order valence-electron chi connectivity index (χ1n) is 20.6. The molecule has 4 rings (SSSR count). The monoisotopic (exact) mass is 819 g/mol. The lowest BCUT2D eigenvalue weighted by Crippen LogP contribution is -2.63. The van der Waals surface area contributed by atoms with Crippen molar-refractivity contribution in [2.75, 3.05) is 49.1 Å². The van der Waals surface area contributed by atoms with Gasteiger partial charge in [-0.15, -0.1) is 0 Å². The van der Waals surface area contributed by atoms with E-state index >= 15 is 0 Å². The van der Waals surface area contributed by atoms with Gasteiger partial charge in [0.1, 0.15) is 36.6 Å². The minimum absolute atomic E-state index is 0.0175. The number of carbonyl (C=O) groups is 1. The molecule has 2 bridgehead atoms. The summed E-state index contributed by atoms with van der Waals surface area (Å²) in [6.45, 7) is 11.5. The molecule has 4 aliphatic heterocycles. The van der Waals surface area contributed by atoms with E-state index in [1.54, 1.807) is 54.0 Å². The molecule has 57 heavy (non-hydrogen) atoms. The Morgan fingerprint density at radius 1 is 0.842 bits per heavy atom. The van der Waals surface area contributed by atoms with E-state index in [1.807, 2.05) is 6.92 Å². The van der Waals surface area contributed by atoms with Crippen molar-refractivity contribution >= 4 is 5.97 Å². The molecule has 0 amide bonds. The normalized spacial score (nSPS) is 43.9. The first-order chi connectivity index (χ1) is 27.0. The van der Waals surface area contributed by atoms with Crippen molar-refractivity contribution < 1.29 is 72.6 Å². The maximum atomic E-state index is 13.9. The van der Waals surface area contributed by atoms with Gasteiger partial charge >= 0.3 is 5.97 Å². The molecular formula is C41H73NO15. The lowest BCUT2D eigenvalue weighted by molar-refractivity contribution is -0.307. The molecule has 0 aromatic rings. The number of rotatable bonds is 13. The van der Waals surface area contributed by atoms with Gasteiger partial charge in [-0.2, -0.15) is 0 Å². The molecule has 0 aromatic carbocycles.